The average Bonchev–Trinajstić information content (AvgIpc) is 3.24. The summed E-state index contributed by atoms with van der Waals surface area (Å²) in [5, 5.41) is 11.1. The molecule has 3 rings (SSSR count). The van der Waals surface area contributed by atoms with E-state index in [1.165, 1.54) is 0 Å². The SMILES string of the molecule is Cc1nn(C)c(C)c1C(=O)C(=O)NCCc1ccc(-n2cccn2)cc1. The summed E-state index contributed by atoms with van der Waals surface area (Å²) in [6.07, 6.45) is 4.25. The van der Waals surface area contributed by atoms with Crippen molar-refractivity contribution in [3.8, 4) is 5.69 Å². The normalized spacial score (nSPS) is 10.7. The number of hydrogen-bond donors (Lipinski definition) is 1. The number of rotatable bonds is 6. The Balaban J connectivity index is 1.56. The Morgan fingerprint density at radius 3 is 2.46 bits per heavy atom. The van der Waals surface area contributed by atoms with E-state index in [0.717, 1.165) is 11.3 Å². The molecule has 7 nitrogen and oxygen atoms in total. The van der Waals surface area contributed by atoms with Gasteiger partial charge in [-0.15, -0.1) is 0 Å². The van der Waals surface area contributed by atoms with Crippen molar-refractivity contribution in [2.24, 2.45) is 7.05 Å². The molecule has 1 amide bonds. The lowest BCUT2D eigenvalue weighted by molar-refractivity contribution is -0.116. The molecule has 0 bridgehead atoms. The van der Waals surface area contributed by atoms with Crippen LogP contribution in [0.1, 0.15) is 27.3 Å². The first-order valence-electron chi connectivity index (χ1n) is 8.39. The highest BCUT2D eigenvalue weighted by molar-refractivity contribution is 6.43. The Kier molecular flexibility index (Phi) is 4.97. The summed E-state index contributed by atoms with van der Waals surface area (Å²) in [6.45, 7) is 3.90. The van der Waals surface area contributed by atoms with Crippen LogP contribution >= 0.6 is 0 Å². The molecule has 134 valence electrons. The van der Waals surface area contributed by atoms with Gasteiger partial charge in [-0.2, -0.15) is 10.2 Å². The van der Waals surface area contributed by atoms with E-state index in [0.29, 0.717) is 29.9 Å². The molecule has 0 atom stereocenters. The molecular formula is C19H21N5O2. The molecule has 0 aliphatic rings. The molecule has 0 saturated heterocycles. The molecule has 0 saturated carbocycles. The van der Waals surface area contributed by atoms with Crippen LogP contribution in [0.4, 0.5) is 0 Å². The maximum atomic E-state index is 12.3. The molecule has 0 unspecified atom stereocenters. The number of hydrogen-bond acceptors (Lipinski definition) is 4. The zero-order valence-corrected chi connectivity index (χ0v) is 15.1. The van der Waals surface area contributed by atoms with Crippen LogP contribution in [0, 0.1) is 13.8 Å². The van der Waals surface area contributed by atoms with E-state index in [1.54, 1.807) is 36.5 Å². The van der Waals surface area contributed by atoms with Gasteiger partial charge in [0.2, 0.25) is 0 Å². The van der Waals surface area contributed by atoms with Crippen molar-refractivity contribution < 1.29 is 9.59 Å². The Hall–Kier alpha value is -3.22. The fourth-order valence-corrected chi connectivity index (χ4v) is 2.85. The molecule has 2 heterocycles. The van der Waals surface area contributed by atoms with Gasteiger partial charge >= 0.3 is 0 Å². The third kappa shape index (κ3) is 3.56. The molecule has 0 spiro atoms. The summed E-state index contributed by atoms with van der Waals surface area (Å²) in [7, 11) is 1.75. The standard InChI is InChI=1S/C19H21N5O2/c1-13-17(14(2)23(3)22-13)18(25)19(26)20-11-9-15-5-7-16(8-6-15)24-12-4-10-21-24/h4-8,10,12H,9,11H2,1-3H3,(H,20,26). The topological polar surface area (TPSA) is 81.8 Å². The van der Waals surface area contributed by atoms with Crippen LogP contribution in [0.15, 0.2) is 42.7 Å². The van der Waals surface area contributed by atoms with Crippen molar-refractivity contribution in [1.82, 2.24) is 24.9 Å². The van der Waals surface area contributed by atoms with Crippen molar-refractivity contribution in [2.75, 3.05) is 6.54 Å². The number of ketones is 1. The van der Waals surface area contributed by atoms with E-state index in [-0.39, 0.29) is 0 Å². The fourth-order valence-electron chi connectivity index (χ4n) is 2.85. The number of nitrogens with one attached hydrogen (secondary N) is 1. The minimum atomic E-state index is -0.600. The largest absolute Gasteiger partial charge is 0.349 e. The van der Waals surface area contributed by atoms with Crippen molar-refractivity contribution in [3.63, 3.8) is 0 Å². The van der Waals surface area contributed by atoms with E-state index >= 15 is 0 Å². The van der Waals surface area contributed by atoms with E-state index in [1.807, 2.05) is 36.5 Å². The Labute approximate surface area is 151 Å². The second-order valence-electron chi connectivity index (χ2n) is 6.12. The van der Waals surface area contributed by atoms with Gasteiger partial charge in [-0.1, -0.05) is 12.1 Å². The monoisotopic (exact) mass is 351 g/mol. The van der Waals surface area contributed by atoms with E-state index in [4.69, 9.17) is 0 Å². The maximum absolute atomic E-state index is 12.3. The molecule has 26 heavy (non-hydrogen) atoms. The van der Waals surface area contributed by atoms with Crippen LogP contribution in [-0.4, -0.2) is 37.8 Å². The number of aryl methyl sites for hydroxylation is 2. The molecule has 0 aliphatic heterocycles. The van der Waals surface area contributed by atoms with Crippen molar-refractivity contribution in [3.05, 3.63) is 65.2 Å². The van der Waals surface area contributed by atoms with Crippen LogP contribution in [0.3, 0.4) is 0 Å². The van der Waals surface area contributed by atoms with Gasteiger partial charge in [0.1, 0.15) is 0 Å². The number of carbonyl (C=O) groups excluding carboxylic acids is 2. The molecule has 2 aromatic heterocycles. The second kappa shape index (κ2) is 7.35. The zero-order chi connectivity index (χ0) is 18.7. The Morgan fingerprint density at radius 1 is 1.15 bits per heavy atom. The lowest BCUT2D eigenvalue weighted by Gasteiger charge is -2.06. The van der Waals surface area contributed by atoms with Crippen molar-refractivity contribution in [1.29, 1.82) is 0 Å². The van der Waals surface area contributed by atoms with Crippen LogP contribution in [0.25, 0.3) is 5.69 Å². The van der Waals surface area contributed by atoms with E-state index < -0.39 is 11.7 Å². The van der Waals surface area contributed by atoms with Gasteiger partial charge in [0.15, 0.2) is 0 Å². The summed E-state index contributed by atoms with van der Waals surface area (Å²) >= 11 is 0. The molecular weight excluding hydrogens is 330 g/mol. The third-order valence-electron chi connectivity index (χ3n) is 4.35. The summed E-state index contributed by atoms with van der Waals surface area (Å²) < 4.78 is 3.39. The summed E-state index contributed by atoms with van der Waals surface area (Å²) in [5.74, 6) is -1.14. The summed E-state index contributed by atoms with van der Waals surface area (Å²) in [4.78, 5) is 24.5. The highest BCUT2D eigenvalue weighted by atomic mass is 16.2. The van der Waals surface area contributed by atoms with Crippen LogP contribution in [-0.2, 0) is 18.3 Å². The molecule has 3 aromatic rings. The Bertz CT molecular complexity index is 924. The van der Waals surface area contributed by atoms with E-state index in [9.17, 15) is 9.59 Å². The molecule has 1 aromatic carbocycles. The zero-order valence-electron chi connectivity index (χ0n) is 15.1. The first-order chi connectivity index (χ1) is 12.5. The Morgan fingerprint density at radius 2 is 1.88 bits per heavy atom. The minimum Gasteiger partial charge on any atom is -0.349 e. The molecule has 7 heteroatoms. The summed E-state index contributed by atoms with van der Waals surface area (Å²) in [6, 6.07) is 9.78. The van der Waals surface area contributed by atoms with Crippen LogP contribution < -0.4 is 5.32 Å². The van der Waals surface area contributed by atoms with E-state index in [2.05, 4.69) is 15.5 Å². The van der Waals surface area contributed by atoms with Gasteiger partial charge in [-0.25, -0.2) is 4.68 Å². The van der Waals surface area contributed by atoms with Gasteiger partial charge in [0, 0.05) is 31.7 Å². The average molecular weight is 351 g/mol. The summed E-state index contributed by atoms with van der Waals surface area (Å²) in [5.41, 5.74) is 3.69. The second-order valence-corrected chi connectivity index (χ2v) is 6.12. The number of nitrogens with zero attached hydrogens (tertiary/aromatic N) is 4. The highest BCUT2D eigenvalue weighted by Gasteiger charge is 2.23. The lowest BCUT2D eigenvalue weighted by Crippen LogP contribution is -2.33. The highest BCUT2D eigenvalue weighted by Crippen LogP contribution is 2.13. The number of amides is 1. The number of benzene rings is 1. The van der Waals surface area contributed by atoms with Gasteiger partial charge in [0.25, 0.3) is 11.7 Å². The van der Waals surface area contributed by atoms with Crippen LogP contribution in [0.2, 0.25) is 0 Å². The predicted molar refractivity (Wildman–Crippen MR) is 97.3 cm³/mol. The number of carbonyl (C=O) groups is 2. The number of aromatic nitrogens is 4. The number of Topliss-reactive ketones (excluding diaryl/α,β-unsaturated/α-hetero) is 1. The third-order valence-corrected chi connectivity index (χ3v) is 4.35. The van der Waals surface area contributed by atoms with Crippen molar-refractivity contribution in [2.45, 2.75) is 20.3 Å². The molecule has 0 fully saturated rings. The van der Waals surface area contributed by atoms with Crippen molar-refractivity contribution >= 4 is 11.7 Å². The van der Waals surface area contributed by atoms with Gasteiger partial charge < -0.3 is 5.32 Å². The molecule has 0 aliphatic carbocycles. The quantitative estimate of drug-likeness (QED) is 0.542. The molecule has 1 N–H and O–H groups in total. The fraction of sp³-hybridized carbons (Fsp3) is 0.263. The lowest BCUT2D eigenvalue weighted by atomic mass is 10.1. The smallest absolute Gasteiger partial charge is 0.292 e. The van der Waals surface area contributed by atoms with Gasteiger partial charge in [0.05, 0.1) is 16.9 Å². The van der Waals surface area contributed by atoms with Gasteiger partial charge in [-0.3, -0.25) is 14.3 Å². The maximum Gasteiger partial charge on any atom is 0.292 e. The molecule has 0 radical (unpaired) electrons. The predicted octanol–water partition coefficient (Wildman–Crippen LogP) is 1.76. The van der Waals surface area contributed by atoms with Crippen LogP contribution in [0.5, 0.6) is 0 Å². The first kappa shape index (κ1) is 17.6. The first-order valence-corrected chi connectivity index (χ1v) is 8.39. The minimum absolute atomic E-state index is 0.383. The van der Waals surface area contributed by atoms with Gasteiger partial charge in [-0.05, 0) is 44.0 Å².